The van der Waals surface area contributed by atoms with Crippen molar-refractivity contribution >= 4 is 17.7 Å². The van der Waals surface area contributed by atoms with Crippen LogP contribution >= 0.6 is 11.6 Å². The van der Waals surface area contributed by atoms with Crippen LogP contribution in [0.4, 0.5) is 4.79 Å². The Morgan fingerprint density at radius 2 is 2.14 bits per heavy atom. The molecule has 0 fully saturated rings. The van der Waals surface area contributed by atoms with Crippen molar-refractivity contribution in [3.05, 3.63) is 71.8 Å². The first kappa shape index (κ1) is 18.0. The molecule has 0 spiro atoms. The molecule has 1 aromatic carbocycles. The number of alkyl carbamates (subject to hydrolysis) is 1. The monoisotopic (exact) mass is 321 g/mol. The van der Waals surface area contributed by atoms with Gasteiger partial charge in [0.25, 0.3) is 0 Å². The number of hydrogen-bond donors (Lipinski definition) is 2. The van der Waals surface area contributed by atoms with Gasteiger partial charge in [-0.2, -0.15) is 0 Å². The Morgan fingerprint density at radius 1 is 1.45 bits per heavy atom. The first-order chi connectivity index (χ1) is 10.5. The molecular weight excluding hydrogens is 302 g/mol. The van der Waals surface area contributed by atoms with Gasteiger partial charge in [0.2, 0.25) is 0 Å². The van der Waals surface area contributed by atoms with Crippen molar-refractivity contribution in [3.8, 4) is 0 Å². The van der Waals surface area contributed by atoms with Crippen LogP contribution in [0.15, 0.2) is 61.2 Å². The molecule has 0 aliphatic heterocycles. The molecule has 5 heteroatoms. The van der Waals surface area contributed by atoms with Crippen LogP contribution in [0, 0.1) is 0 Å². The van der Waals surface area contributed by atoms with Crippen LogP contribution in [0.3, 0.4) is 0 Å². The van der Waals surface area contributed by atoms with Gasteiger partial charge in [-0.05, 0) is 18.6 Å². The standard InChI is InChI=1S/C17H20ClNO3/c1-4-8-13(5-2)11-19-17(21)22-16(12(3)20)14-9-6-7-10-15(14)18/h4-10,12,16,20H,1-2,11H2,3H3,(H,19,21). The third-order valence-electron chi connectivity index (χ3n) is 2.91. The van der Waals surface area contributed by atoms with E-state index < -0.39 is 18.3 Å². The van der Waals surface area contributed by atoms with Gasteiger partial charge in [-0.3, -0.25) is 0 Å². The average Bonchev–Trinajstić information content (AvgIpc) is 2.49. The number of ether oxygens (including phenoxy) is 1. The zero-order valence-corrected chi connectivity index (χ0v) is 13.2. The van der Waals surface area contributed by atoms with Crippen LogP contribution in [-0.2, 0) is 4.74 Å². The third-order valence-corrected chi connectivity index (χ3v) is 3.26. The van der Waals surface area contributed by atoms with Crippen LogP contribution in [0.25, 0.3) is 0 Å². The lowest BCUT2D eigenvalue weighted by atomic mass is 10.1. The average molecular weight is 322 g/mol. The number of halogens is 1. The Balaban J connectivity index is 2.74. The van der Waals surface area contributed by atoms with Gasteiger partial charge in [0, 0.05) is 17.1 Å². The molecule has 0 aromatic heterocycles. The lowest BCUT2D eigenvalue weighted by molar-refractivity contribution is 0.0111. The summed E-state index contributed by atoms with van der Waals surface area (Å²) in [5, 5.41) is 12.9. The number of hydrogen-bond acceptors (Lipinski definition) is 3. The van der Waals surface area contributed by atoms with Gasteiger partial charge in [-0.25, -0.2) is 4.79 Å². The summed E-state index contributed by atoms with van der Waals surface area (Å²) in [4.78, 5) is 11.9. The Kier molecular flexibility index (Phi) is 7.43. The second-order valence-corrected chi connectivity index (χ2v) is 5.03. The summed E-state index contributed by atoms with van der Waals surface area (Å²) in [6.45, 7) is 9.01. The maximum atomic E-state index is 11.9. The highest BCUT2D eigenvalue weighted by molar-refractivity contribution is 6.31. The Hall–Kier alpha value is -2.04. The van der Waals surface area contributed by atoms with Gasteiger partial charge < -0.3 is 15.2 Å². The van der Waals surface area contributed by atoms with Crippen molar-refractivity contribution < 1.29 is 14.6 Å². The van der Waals surface area contributed by atoms with Crippen LogP contribution < -0.4 is 5.32 Å². The van der Waals surface area contributed by atoms with Gasteiger partial charge >= 0.3 is 6.09 Å². The maximum Gasteiger partial charge on any atom is 0.408 e. The van der Waals surface area contributed by atoms with Crippen LogP contribution in [0.2, 0.25) is 5.02 Å². The molecule has 4 nitrogen and oxygen atoms in total. The summed E-state index contributed by atoms with van der Waals surface area (Å²) in [6, 6.07) is 6.91. The molecule has 0 bridgehead atoms. The van der Waals surface area contributed by atoms with E-state index in [-0.39, 0.29) is 6.54 Å². The topological polar surface area (TPSA) is 58.6 Å². The van der Waals surface area contributed by atoms with E-state index in [4.69, 9.17) is 16.3 Å². The Bertz CT molecular complexity index is 567. The highest BCUT2D eigenvalue weighted by atomic mass is 35.5. The van der Waals surface area contributed by atoms with Gasteiger partial charge in [-0.15, -0.1) is 0 Å². The molecule has 0 radical (unpaired) electrons. The van der Waals surface area contributed by atoms with Crippen LogP contribution in [-0.4, -0.2) is 23.8 Å². The van der Waals surface area contributed by atoms with E-state index in [1.54, 1.807) is 42.5 Å². The second-order valence-electron chi connectivity index (χ2n) is 4.62. The number of carbonyl (C=O) groups excluding carboxylic acids is 1. The van der Waals surface area contributed by atoms with Gasteiger partial charge in [0.05, 0.1) is 6.10 Å². The molecule has 1 amide bonds. The summed E-state index contributed by atoms with van der Waals surface area (Å²) in [6.07, 6.45) is 2.56. The van der Waals surface area contributed by atoms with Crippen molar-refractivity contribution in [2.75, 3.05) is 6.54 Å². The molecule has 118 valence electrons. The zero-order valence-electron chi connectivity index (χ0n) is 12.5. The number of allylic oxidation sites excluding steroid dienone is 2. The molecule has 0 saturated carbocycles. The van der Waals surface area contributed by atoms with Gasteiger partial charge in [0.1, 0.15) is 0 Å². The molecular formula is C17H20ClNO3. The van der Waals surface area contributed by atoms with E-state index >= 15 is 0 Å². The molecule has 0 saturated heterocycles. The molecule has 2 atom stereocenters. The minimum atomic E-state index is -0.895. The largest absolute Gasteiger partial charge is 0.439 e. The van der Waals surface area contributed by atoms with Crippen LogP contribution in [0.5, 0.6) is 0 Å². The lowest BCUT2D eigenvalue weighted by Crippen LogP contribution is -2.31. The number of carbonyl (C=O) groups is 1. The quantitative estimate of drug-likeness (QED) is 0.751. The molecule has 2 N–H and O–H groups in total. The molecule has 0 aliphatic carbocycles. The molecule has 0 heterocycles. The summed E-state index contributed by atoms with van der Waals surface area (Å²) >= 11 is 6.08. The minimum absolute atomic E-state index is 0.253. The van der Waals surface area contributed by atoms with Crippen molar-refractivity contribution in [3.63, 3.8) is 0 Å². The normalized spacial score (nSPS) is 13.9. The lowest BCUT2D eigenvalue weighted by Gasteiger charge is -2.22. The van der Waals surface area contributed by atoms with E-state index in [1.165, 1.54) is 6.92 Å². The number of amides is 1. The Labute approximate surface area is 135 Å². The number of rotatable bonds is 7. The predicted molar refractivity (Wildman–Crippen MR) is 88.8 cm³/mol. The van der Waals surface area contributed by atoms with E-state index in [9.17, 15) is 9.90 Å². The zero-order chi connectivity index (χ0) is 16.5. The number of nitrogens with one attached hydrogen (secondary N) is 1. The van der Waals surface area contributed by atoms with E-state index in [2.05, 4.69) is 18.5 Å². The number of aliphatic hydroxyl groups is 1. The molecule has 1 rings (SSSR count). The maximum absolute atomic E-state index is 11.9. The first-order valence-corrected chi connectivity index (χ1v) is 7.18. The Morgan fingerprint density at radius 3 is 2.68 bits per heavy atom. The first-order valence-electron chi connectivity index (χ1n) is 6.80. The SMILES string of the molecule is C=CC=C(C=C)CNC(=O)OC(c1ccccc1Cl)C(C)O. The van der Waals surface area contributed by atoms with E-state index in [0.29, 0.717) is 10.6 Å². The molecule has 0 aliphatic rings. The van der Waals surface area contributed by atoms with Gasteiger partial charge in [0.15, 0.2) is 6.10 Å². The summed E-state index contributed by atoms with van der Waals surface area (Å²) in [5.74, 6) is 0. The molecule has 22 heavy (non-hydrogen) atoms. The summed E-state index contributed by atoms with van der Waals surface area (Å²) < 4.78 is 5.28. The van der Waals surface area contributed by atoms with Crippen molar-refractivity contribution in [1.29, 1.82) is 0 Å². The fourth-order valence-electron chi connectivity index (χ4n) is 1.81. The van der Waals surface area contributed by atoms with E-state index in [1.807, 2.05) is 0 Å². The number of aliphatic hydroxyl groups excluding tert-OH is 1. The fraction of sp³-hybridized carbons (Fsp3) is 0.235. The second kappa shape index (κ2) is 9.07. The molecule has 1 aromatic rings. The highest BCUT2D eigenvalue weighted by Crippen LogP contribution is 2.28. The van der Waals surface area contributed by atoms with Crippen molar-refractivity contribution in [1.82, 2.24) is 5.32 Å². The predicted octanol–water partition coefficient (Wildman–Crippen LogP) is 3.79. The van der Waals surface area contributed by atoms with Crippen molar-refractivity contribution in [2.24, 2.45) is 0 Å². The highest BCUT2D eigenvalue weighted by Gasteiger charge is 2.24. The van der Waals surface area contributed by atoms with Crippen LogP contribution in [0.1, 0.15) is 18.6 Å². The van der Waals surface area contributed by atoms with Gasteiger partial charge in [-0.1, -0.05) is 61.2 Å². The summed E-state index contributed by atoms with van der Waals surface area (Å²) in [7, 11) is 0. The van der Waals surface area contributed by atoms with E-state index in [0.717, 1.165) is 5.57 Å². The molecule has 2 unspecified atom stereocenters. The smallest absolute Gasteiger partial charge is 0.408 e. The fourth-order valence-corrected chi connectivity index (χ4v) is 2.05. The third kappa shape index (κ3) is 5.39. The minimum Gasteiger partial charge on any atom is -0.439 e. The number of benzene rings is 1. The summed E-state index contributed by atoms with van der Waals surface area (Å²) in [5.41, 5.74) is 1.35. The van der Waals surface area contributed by atoms with Crippen molar-refractivity contribution in [2.45, 2.75) is 19.1 Å².